The molecule has 138 valence electrons. The molecule has 1 heterocycles. The van der Waals surface area contributed by atoms with Gasteiger partial charge in [0.2, 0.25) is 5.91 Å². The minimum absolute atomic E-state index is 0.0360. The van der Waals surface area contributed by atoms with Gasteiger partial charge in [-0.3, -0.25) is 9.69 Å². The largest absolute Gasteiger partial charge is 0.353 e. The summed E-state index contributed by atoms with van der Waals surface area (Å²) in [6.45, 7) is 6.92. The maximum Gasteiger partial charge on any atom is 0.321 e. The molecule has 2 N–H and O–H groups in total. The molecule has 1 unspecified atom stereocenters. The summed E-state index contributed by atoms with van der Waals surface area (Å²) in [7, 11) is 0. The van der Waals surface area contributed by atoms with Crippen LogP contribution in [0.3, 0.4) is 0 Å². The summed E-state index contributed by atoms with van der Waals surface area (Å²) >= 11 is 9.47. The fraction of sp³-hybridized carbons (Fsp3) is 0.529. The molecule has 1 aromatic rings. The average molecular weight is 432 g/mol. The predicted molar refractivity (Wildman–Crippen MR) is 104 cm³/mol. The average Bonchev–Trinajstić information content (AvgIpc) is 2.57. The van der Waals surface area contributed by atoms with Crippen molar-refractivity contribution in [2.45, 2.75) is 26.3 Å². The number of rotatable bonds is 5. The van der Waals surface area contributed by atoms with Gasteiger partial charge in [-0.2, -0.15) is 0 Å². The molecule has 8 heteroatoms. The molecule has 1 atom stereocenters. The molecule has 0 radical (unpaired) electrons. The number of carbonyl (C=O) groups is 2. The fourth-order valence-electron chi connectivity index (χ4n) is 2.52. The van der Waals surface area contributed by atoms with E-state index in [4.69, 9.17) is 11.6 Å². The quantitative estimate of drug-likeness (QED) is 0.752. The van der Waals surface area contributed by atoms with Crippen molar-refractivity contribution in [2.75, 3.05) is 38.0 Å². The van der Waals surface area contributed by atoms with Gasteiger partial charge in [0.25, 0.3) is 0 Å². The van der Waals surface area contributed by atoms with Gasteiger partial charge in [0.15, 0.2) is 0 Å². The summed E-state index contributed by atoms with van der Waals surface area (Å²) in [5.74, 6) is 0.0360. The Kier molecular flexibility index (Phi) is 7.53. The van der Waals surface area contributed by atoms with Gasteiger partial charge in [-0.05, 0) is 31.5 Å². The van der Waals surface area contributed by atoms with Crippen LogP contribution in [0.4, 0.5) is 10.5 Å². The Labute approximate surface area is 162 Å². The maximum absolute atomic E-state index is 12.4. The smallest absolute Gasteiger partial charge is 0.321 e. The Bertz CT molecular complexity index is 621. The number of amides is 3. The molecule has 1 saturated heterocycles. The molecule has 6 nitrogen and oxygen atoms in total. The lowest BCUT2D eigenvalue weighted by Gasteiger charge is -2.34. The molecule has 1 aromatic carbocycles. The zero-order chi connectivity index (χ0) is 18.4. The Morgan fingerprint density at radius 2 is 1.96 bits per heavy atom. The van der Waals surface area contributed by atoms with Crippen molar-refractivity contribution >= 4 is 45.2 Å². The second-order valence-corrected chi connectivity index (χ2v) is 7.52. The van der Waals surface area contributed by atoms with E-state index < -0.39 is 0 Å². The van der Waals surface area contributed by atoms with Crippen molar-refractivity contribution < 1.29 is 9.59 Å². The van der Waals surface area contributed by atoms with Crippen LogP contribution in [0.25, 0.3) is 0 Å². The van der Waals surface area contributed by atoms with Crippen molar-refractivity contribution in [3.63, 3.8) is 0 Å². The number of urea groups is 1. The molecule has 3 amide bonds. The number of halogens is 2. The van der Waals surface area contributed by atoms with Gasteiger partial charge in [-0.25, -0.2) is 4.79 Å². The normalized spacial score (nSPS) is 16.4. The van der Waals surface area contributed by atoms with Gasteiger partial charge in [0.1, 0.15) is 0 Å². The van der Waals surface area contributed by atoms with Crippen LogP contribution < -0.4 is 10.6 Å². The van der Waals surface area contributed by atoms with Gasteiger partial charge in [0.05, 0.1) is 17.3 Å². The molecule has 1 aliphatic rings. The number of hydrogen-bond donors (Lipinski definition) is 2. The Balaban J connectivity index is 1.79. The summed E-state index contributed by atoms with van der Waals surface area (Å²) in [6, 6.07) is 5.35. The van der Waals surface area contributed by atoms with Crippen LogP contribution in [-0.2, 0) is 4.79 Å². The molecular weight excluding hydrogens is 408 g/mol. The zero-order valence-corrected chi connectivity index (χ0v) is 16.9. The van der Waals surface area contributed by atoms with Crippen LogP contribution in [-0.4, -0.2) is 60.5 Å². The lowest BCUT2D eigenvalue weighted by molar-refractivity contribution is -0.123. The number of benzene rings is 1. The van der Waals surface area contributed by atoms with Crippen LogP contribution in [0.2, 0.25) is 5.02 Å². The van der Waals surface area contributed by atoms with Crippen molar-refractivity contribution in [1.82, 2.24) is 15.1 Å². The molecule has 2 rings (SSSR count). The number of nitrogens with zero attached hydrogens (tertiary/aromatic N) is 2. The van der Waals surface area contributed by atoms with E-state index in [0.717, 1.165) is 10.9 Å². The van der Waals surface area contributed by atoms with Crippen LogP contribution in [0.5, 0.6) is 0 Å². The Hall–Kier alpha value is -1.31. The first-order chi connectivity index (χ1) is 11.9. The lowest BCUT2D eigenvalue weighted by Crippen LogP contribution is -2.52. The highest BCUT2D eigenvalue weighted by molar-refractivity contribution is 9.10. The van der Waals surface area contributed by atoms with Crippen LogP contribution in [0.15, 0.2) is 22.7 Å². The number of hydrogen-bond acceptors (Lipinski definition) is 3. The molecular formula is C17H24BrClN4O2. The minimum Gasteiger partial charge on any atom is -0.353 e. The molecule has 0 aliphatic carbocycles. The standard InChI is InChI=1S/C17H24BrClN4O2/c1-3-12(2)20-16(24)11-22-6-8-23(9-7-22)17(25)21-15-5-4-13(18)10-14(15)19/h4-5,10,12H,3,6-9,11H2,1-2H3,(H,20,24)(H,21,25). The second-order valence-electron chi connectivity index (χ2n) is 6.19. The third-order valence-electron chi connectivity index (χ3n) is 4.22. The highest BCUT2D eigenvalue weighted by Gasteiger charge is 2.23. The molecule has 0 aromatic heterocycles. The van der Waals surface area contributed by atoms with E-state index in [1.165, 1.54) is 0 Å². The van der Waals surface area contributed by atoms with E-state index in [-0.39, 0.29) is 18.0 Å². The highest BCUT2D eigenvalue weighted by atomic mass is 79.9. The summed E-state index contributed by atoms with van der Waals surface area (Å²) < 4.78 is 0.861. The number of piperazine rings is 1. The van der Waals surface area contributed by atoms with E-state index >= 15 is 0 Å². The first-order valence-corrected chi connectivity index (χ1v) is 9.58. The molecule has 0 bridgehead atoms. The van der Waals surface area contributed by atoms with Gasteiger partial charge < -0.3 is 15.5 Å². The molecule has 0 spiro atoms. The summed E-state index contributed by atoms with van der Waals surface area (Å²) in [5.41, 5.74) is 0.588. The molecule has 1 fully saturated rings. The van der Waals surface area contributed by atoms with Gasteiger partial charge in [-0.1, -0.05) is 34.5 Å². The Morgan fingerprint density at radius 1 is 1.28 bits per heavy atom. The molecule has 0 saturated carbocycles. The Morgan fingerprint density at radius 3 is 2.56 bits per heavy atom. The van der Waals surface area contributed by atoms with Crippen molar-refractivity contribution in [1.29, 1.82) is 0 Å². The monoisotopic (exact) mass is 430 g/mol. The van der Waals surface area contributed by atoms with Crippen molar-refractivity contribution in [3.05, 3.63) is 27.7 Å². The fourth-order valence-corrected chi connectivity index (χ4v) is 3.24. The number of nitrogens with one attached hydrogen (secondary N) is 2. The summed E-state index contributed by atoms with van der Waals surface area (Å²) in [4.78, 5) is 28.1. The third kappa shape index (κ3) is 6.17. The summed E-state index contributed by atoms with van der Waals surface area (Å²) in [5, 5.41) is 6.28. The SMILES string of the molecule is CCC(C)NC(=O)CN1CCN(C(=O)Nc2ccc(Br)cc2Cl)CC1. The van der Waals surface area contributed by atoms with E-state index in [0.29, 0.717) is 43.4 Å². The van der Waals surface area contributed by atoms with E-state index in [2.05, 4.69) is 31.5 Å². The van der Waals surface area contributed by atoms with Crippen LogP contribution in [0.1, 0.15) is 20.3 Å². The molecule has 25 heavy (non-hydrogen) atoms. The third-order valence-corrected chi connectivity index (χ3v) is 5.03. The second kappa shape index (κ2) is 9.40. The van der Waals surface area contributed by atoms with Crippen LogP contribution in [0, 0.1) is 0 Å². The predicted octanol–water partition coefficient (Wildman–Crippen LogP) is 3.17. The van der Waals surface area contributed by atoms with Crippen molar-refractivity contribution in [2.24, 2.45) is 0 Å². The zero-order valence-electron chi connectivity index (χ0n) is 14.5. The van der Waals surface area contributed by atoms with Gasteiger partial charge in [-0.15, -0.1) is 0 Å². The van der Waals surface area contributed by atoms with Crippen LogP contribution >= 0.6 is 27.5 Å². The summed E-state index contributed by atoms with van der Waals surface area (Å²) in [6.07, 6.45) is 0.915. The maximum atomic E-state index is 12.4. The van der Waals surface area contributed by atoms with Crippen molar-refractivity contribution in [3.8, 4) is 0 Å². The first-order valence-electron chi connectivity index (χ1n) is 8.41. The van der Waals surface area contributed by atoms with Gasteiger partial charge in [0, 0.05) is 36.7 Å². The first kappa shape index (κ1) is 20.0. The molecule has 1 aliphatic heterocycles. The number of carbonyl (C=O) groups excluding carboxylic acids is 2. The van der Waals surface area contributed by atoms with E-state index in [9.17, 15) is 9.59 Å². The lowest BCUT2D eigenvalue weighted by atomic mass is 10.2. The van der Waals surface area contributed by atoms with E-state index in [1.807, 2.05) is 19.9 Å². The highest BCUT2D eigenvalue weighted by Crippen LogP contribution is 2.25. The number of anilines is 1. The van der Waals surface area contributed by atoms with Gasteiger partial charge >= 0.3 is 6.03 Å². The minimum atomic E-state index is -0.173. The van der Waals surface area contributed by atoms with E-state index in [1.54, 1.807) is 17.0 Å². The topological polar surface area (TPSA) is 64.7 Å².